The topological polar surface area (TPSA) is 125 Å². The number of aliphatic hydroxyl groups is 1. The van der Waals surface area contributed by atoms with Crippen molar-refractivity contribution in [2.75, 3.05) is 6.61 Å². The lowest BCUT2D eigenvalue weighted by Gasteiger charge is -2.37. The molecule has 3 rings (SSSR count). The number of benzene rings is 2. The highest BCUT2D eigenvalue weighted by molar-refractivity contribution is 6.31. The van der Waals surface area contributed by atoms with Crippen molar-refractivity contribution >= 4 is 35.1 Å². The van der Waals surface area contributed by atoms with Crippen LogP contribution in [0.2, 0.25) is 10.0 Å². The van der Waals surface area contributed by atoms with E-state index in [1.54, 1.807) is 30.3 Å². The Morgan fingerprint density at radius 2 is 1.89 bits per heavy atom. The summed E-state index contributed by atoms with van der Waals surface area (Å²) in [5.41, 5.74) is 4.04. The van der Waals surface area contributed by atoms with E-state index in [2.05, 4.69) is 11.4 Å². The van der Waals surface area contributed by atoms with Crippen molar-refractivity contribution in [3.8, 4) is 6.07 Å². The lowest BCUT2D eigenvalue weighted by molar-refractivity contribution is -0.150. The number of hydrogen-bond donors (Lipinski definition) is 3. The van der Waals surface area contributed by atoms with Crippen molar-refractivity contribution in [1.29, 1.82) is 5.26 Å². The van der Waals surface area contributed by atoms with Gasteiger partial charge in [0.05, 0.1) is 23.6 Å². The van der Waals surface area contributed by atoms with Gasteiger partial charge in [-0.3, -0.25) is 14.9 Å². The molecule has 1 fully saturated rings. The maximum Gasteiger partial charge on any atom is 0.323 e. The number of rotatable bonds is 8. The highest BCUT2D eigenvalue weighted by atomic mass is 35.5. The number of primary amides is 1. The molecule has 0 radical (unpaired) electrons. The molecule has 1 amide bonds. The van der Waals surface area contributed by atoms with Crippen LogP contribution < -0.4 is 11.1 Å². The first-order chi connectivity index (χ1) is 17.3. The fraction of sp³-hybridized carbons (Fsp3) is 0.444. The molecular formula is C27H30Cl2FN3O4. The molecule has 0 aliphatic carbocycles. The zero-order valence-electron chi connectivity index (χ0n) is 20.8. The monoisotopic (exact) mass is 549 g/mol. The molecular weight excluding hydrogens is 520 g/mol. The van der Waals surface area contributed by atoms with Crippen molar-refractivity contribution in [2.24, 2.45) is 11.1 Å². The number of carbonyl (C=O) groups is 2. The molecule has 0 aromatic heterocycles. The van der Waals surface area contributed by atoms with Crippen molar-refractivity contribution < 1.29 is 23.8 Å². The van der Waals surface area contributed by atoms with E-state index in [1.165, 1.54) is 12.1 Å². The van der Waals surface area contributed by atoms with Gasteiger partial charge in [-0.05, 0) is 41.2 Å². The Morgan fingerprint density at radius 1 is 1.24 bits per heavy atom. The van der Waals surface area contributed by atoms with Gasteiger partial charge in [-0.25, -0.2) is 4.39 Å². The molecule has 2 aromatic carbocycles. The zero-order valence-corrected chi connectivity index (χ0v) is 22.3. The van der Waals surface area contributed by atoms with Gasteiger partial charge in [-0.15, -0.1) is 0 Å². The summed E-state index contributed by atoms with van der Waals surface area (Å²) < 4.78 is 20.9. The third kappa shape index (κ3) is 6.24. The predicted molar refractivity (Wildman–Crippen MR) is 138 cm³/mol. The zero-order chi connectivity index (χ0) is 27.5. The number of hydrogen-bond acceptors (Lipinski definition) is 6. The van der Waals surface area contributed by atoms with Crippen LogP contribution in [0.3, 0.4) is 0 Å². The van der Waals surface area contributed by atoms with Gasteiger partial charge in [0, 0.05) is 17.0 Å². The molecule has 1 saturated heterocycles. The number of halogens is 3. The summed E-state index contributed by atoms with van der Waals surface area (Å²) in [6.45, 7) is 5.51. The third-order valence-corrected chi connectivity index (χ3v) is 7.05. The molecule has 1 aliphatic heterocycles. The number of amides is 1. The van der Waals surface area contributed by atoms with Gasteiger partial charge in [-0.2, -0.15) is 5.26 Å². The van der Waals surface area contributed by atoms with E-state index < -0.39 is 60.2 Å². The normalized spacial score (nSPS) is 24.3. The molecule has 37 heavy (non-hydrogen) atoms. The van der Waals surface area contributed by atoms with Crippen molar-refractivity contribution in [3.63, 3.8) is 0 Å². The average Bonchev–Trinajstić information content (AvgIpc) is 3.12. The van der Waals surface area contributed by atoms with Crippen LogP contribution in [0.25, 0.3) is 0 Å². The van der Waals surface area contributed by atoms with E-state index in [1.807, 2.05) is 20.8 Å². The molecule has 0 spiro atoms. The van der Waals surface area contributed by atoms with Crippen LogP contribution in [0, 0.1) is 22.6 Å². The van der Waals surface area contributed by atoms with E-state index in [-0.39, 0.29) is 16.0 Å². The standard InChI is InChI=1S/C27H30Cl2FN3O4/c1-26(2,3)12-20-27(14-31,15-7-9-16(28)10-8-15)22(18-5-4-6-19(29)23(18)30)24(33-20)25(36)37-13-17(34)11-21(32)35/h4-10,17,20,22,24,33-34H,11-13H2,1-3H3,(H2,32,35)/t17-,20+,22+,24-,27+/m1/s1. The molecule has 0 bridgehead atoms. The van der Waals surface area contributed by atoms with Crippen LogP contribution in [0.4, 0.5) is 4.39 Å². The summed E-state index contributed by atoms with van der Waals surface area (Å²) in [6, 6.07) is 11.8. The first-order valence-corrected chi connectivity index (χ1v) is 12.6. The minimum atomic E-state index is -1.42. The number of aliphatic hydroxyl groups excluding tert-OH is 1. The second-order valence-corrected chi connectivity index (χ2v) is 11.4. The molecule has 1 heterocycles. The van der Waals surface area contributed by atoms with Gasteiger partial charge in [0.15, 0.2) is 0 Å². The van der Waals surface area contributed by atoms with Gasteiger partial charge in [0.1, 0.15) is 23.9 Å². The predicted octanol–water partition coefficient (Wildman–Crippen LogP) is 4.23. The lowest BCUT2D eigenvalue weighted by atomic mass is 9.63. The maximum absolute atomic E-state index is 15.5. The maximum atomic E-state index is 15.5. The number of nitrogens with one attached hydrogen (secondary N) is 1. The van der Waals surface area contributed by atoms with Crippen molar-refractivity contribution in [3.05, 3.63) is 69.5 Å². The molecule has 0 saturated carbocycles. The van der Waals surface area contributed by atoms with Gasteiger partial charge >= 0.3 is 5.97 Å². The van der Waals surface area contributed by atoms with Crippen molar-refractivity contribution in [2.45, 2.75) is 63.1 Å². The minimum absolute atomic E-state index is 0.0764. The second-order valence-electron chi connectivity index (χ2n) is 10.5. The molecule has 5 atom stereocenters. The van der Waals surface area contributed by atoms with E-state index in [0.717, 1.165) is 0 Å². The Bertz CT molecular complexity index is 1200. The van der Waals surface area contributed by atoms with Gasteiger partial charge in [-0.1, -0.05) is 68.2 Å². The summed E-state index contributed by atoms with van der Waals surface area (Å²) in [7, 11) is 0. The molecule has 4 N–H and O–H groups in total. The summed E-state index contributed by atoms with van der Waals surface area (Å²) in [6.07, 6.45) is -1.24. The van der Waals surface area contributed by atoms with E-state index in [0.29, 0.717) is 17.0 Å². The number of carbonyl (C=O) groups excluding carboxylic acids is 2. The van der Waals surface area contributed by atoms with E-state index >= 15 is 4.39 Å². The number of nitrogens with two attached hydrogens (primary N) is 1. The van der Waals surface area contributed by atoms with Gasteiger partial charge in [0.25, 0.3) is 0 Å². The summed E-state index contributed by atoms with van der Waals surface area (Å²) in [4.78, 5) is 24.5. The third-order valence-electron chi connectivity index (χ3n) is 6.50. The minimum Gasteiger partial charge on any atom is -0.462 e. The Kier molecular flexibility index (Phi) is 8.86. The quantitative estimate of drug-likeness (QED) is 0.423. The Balaban J connectivity index is 2.18. The average molecular weight is 550 g/mol. The Hall–Kier alpha value is -2.70. The summed E-state index contributed by atoms with van der Waals surface area (Å²) in [5, 5.41) is 24.3. The molecule has 198 valence electrons. The van der Waals surface area contributed by atoms with Crippen LogP contribution in [-0.2, 0) is 19.7 Å². The largest absolute Gasteiger partial charge is 0.462 e. The molecule has 2 aromatic rings. The molecule has 7 nitrogen and oxygen atoms in total. The van der Waals surface area contributed by atoms with Crippen LogP contribution >= 0.6 is 23.2 Å². The highest BCUT2D eigenvalue weighted by Gasteiger charge is 2.60. The number of ether oxygens (including phenoxy) is 1. The Labute approximate surface area is 225 Å². The van der Waals surface area contributed by atoms with Gasteiger partial charge < -0.3 is 15.6 Å². The Morgan fingerprint density at radius 3 is 2.46 bits per heavy atom. The molecule has 10 heteroatoms. The highest BCUT2D eigenvalue weighted by Crippen LogP contribution is 2.52. The van der Waals surface area contributed by atoms with E-state index in [9.17, 15) is 20.0 Å². The SMILES string of the molecule is CC(C)(C)C[C@@H]1N[C@@H](C(=O)OC[C@H](O)CC(N)=O)[C@H](c2cccc(Cl)c2F)[C@@]1(C#N)c1ccc(Cl)cc1. The number of nitriles is 1. The fourth-order valence-corrected chi connectivity index (χ4v) is 5.33. The van der Waals surface area contributed by atoms with E-state index in [4.69, 9.17) is 33.7 Å². The fourth-order valence-electron chi connectivity index (χ4n) is 5.02. The second kappa shape index (κ2) is 11.4. The first kappa shape index (κ1) is 28.9. The number of esters is 1. The smallest absolute Gasteiger partial charge is 0.323 e. The first-order valence-electron chi connectivity index (χ1n) is 11.8. The van der Waals surface area contributed by atoms with Crippen LogP contribution in [0.5, 0.6) is 0 Å². The van der Waals surface area contributed by atoms with Crippen molar-refractivity contribution in [1.82, 2.24) is 5.32 Å². The molecule has 0 unspecified atom stereocenters. The summed E-state index contributed by atoms with van der Waals surface area (Å²) in [5.74, 6) is -3.35. The number of nitrogens with zero attached hydrogens (tertiary/aromatic N) is 1. The van der Waals surface area contributed by atoms with Crippen LogP contribution in [-0.4, -0.2) is 41.8 Å². The molecule has 1 aliphatic rings. The van der Waals surface area contributed by atoms with Gasteiger partial charge in [0.2, 0.25) is 5.91 Å². The van der Waals surface area contributed by atoms with Crippen LogP contribution in [0.1, 0.15) is 50.7 Å². The summed E-state index contributed by atoms with van der Waals surface area (Å²) >= 11 is 12.3. The lowest BCUT2D eigenvalue weighted by Crippen LogP contribution is -2.44. The van der Waals surface area contributed by atoms with Crippen LogP contribution in [0.15, 0.2) is 42.5 Å².